The predicted octanol–water partition coefficient (Wildman–Crippen LogP) is 1.05. The topological polar surface area (TPSA) is 73.8 Å². The summed E-state index contributed by atoms with van der Waals surface area (Å²) in [5.41, 5.74) is 2.92. The zero-order chi connectivity index (χ0) is 11.7. The average Bonchev–Trinajstić information content (AvgIpc) is 2.77. The molecule has 6 heteroatoms. The largest absolute Gasteiger partial charge is 0.361 e. The van der Waals surface area contributed by atoms with Crippen LogP contribution in [0.15, 0.2) is 4.52 Å². The molecule has 0 saturated carbocycles. The number of aldehydes is 1. The summed E-state index contributed by atoms with van der Waals surface area (Å²) in [6, 6.07) is 0. The van der Waals surface area contributed by atoms with Gasteiger partial charge >= 0.3 is 0 Å². The molecule has 0 fully saturated rings. The van der Waals surface area contributed by atoms with Gasteiger partial charge in [-0.25, -0.2) is 4.68 Å². The molecule has 0 aliphatic carbocycles. The van der Waals surface area contributed by atoms with Gasteiger partial charge < -0.3 is 4.52 Å². The Hall–Kier alpha value is -1.98. The van der Waals surface area contributed by atoms with Crippen molar-refractivity contribution < 1.29 is 9.32 Å². The summed E-state index contributed by atoms with van der Waals surface area (Å²) in [5.74, 6) is 0.764. The molecule has 0 aliphatic rings. The summed E-state index contributed by atoms with van der Waals surface area (Å²) in [6.07, 6.45) is 0.701. The van der Waals surface area contributed by atoms with E-state index in [-0.39, 0.29) is 0 Å². The highest BCUT2D eigenvalue weighted by molar-refractivity contribution is 5.72. The Balaban J connectivity index is 2.34. The van der Waals surface area contributed by atoms with E-state index in [4.69, 9.17) is 4.52 Å². The summed E-state index contributed by atoms with van der Waals surface area (Å²) >= 11 is 0. The lowest BCUT2D eigenvalue weighted by Crippen LogP contribution is -2.05. The molecule has 0 atom stereocenters. The molecule has 84 valence electrons. The van der Waals surface area contributed by atoms with Crippen molar-refractivity contribution in [3.8, 4) is 0 Å². The highest BCUT2D eigenvalue weighted by Crippen LogP contribution is 2.14. The molecule has 0 aliphatic heterocycles. The summed E-state index contributed by atoms with van der Waals surface area (Å²) in [7, 11) is 0. The highest BCUT2D eigenvalue weighted by Gasteiger charge is 2.13. The fourth-order valence-corrected chi connectivity index (χ4v) is 1.51. The second kappa shape index (κ2) is 3.88. The number of rotatable bonds is 3. The Morgan fingerprint density at radius 1 is 1.38 bits per heavy atom. The molecule has 16 heavy (non-hydrogen) atoms. The van der Waals surface area contributed by atoms with E-state index in [0.717, 1.165) is 22.7 Å². The maximum absolute atomic E-state index is 10.6. The summed E-state index contributed by atoms with van der Waals surface area (Å²) < 4.78 is 6.72. The second-order valence-corrected chi connectivity index (χ2v) is 3.64. The monoisotopic (exact) mass is 220 g/mol. The van der Waals surface area contributed by atoms with Crippen molar-refractivity contribution in [2.45, 2.75) is 27.3 Å². The first-order valence-corrected chi connectivity index (χ1v) is 4.90. The third-order valence-corrected chi connectivity index (χ3v) is 2.62. The molecule has 0 amide bonds. The van der Waals surface area contributed by atoms with Gasteiger partial charge in [0, 0.05) is 5.56 Å². The zero-order valence-corrected chi connectivity index (χ0v) is 9.39. The molecule has 2 heterocycles. The molecule has 0 bridgehead atoms. The minimum atomic E-state index is 0.367. The van der Waals surface area contributed by atoms with Gasteiger partial charge in [0.1, 0.15) is 11.5 Å². The van der Waals surface area contributed by atoms with Crippen LogP contribution in [-0.4, -0.2) is 26.4 Å². The zero-order valence-electron chi connectivity index (χ0n) is 9.39. The molecule has 2 rings (SSSR count). The van der Waals surface area contributed by atoms with Crippen LogP contribution in [0.2, 0.25) is 0 Å². The van der Waals surface area contributed by atoms with Gasteiger partial charge in [-0.1, -0.05) is 10.4 Å². The summed E-state index contributed by atoms with van der Waals surface area (Å²) in [4.78, 5) is 10.6. The number of nitrogens with zero attached hydrogens (tertiary/aromatic N) is 4. The number of aromatic nitrogens is 4. The fraction of sp³-hybridized carbons (Fsp3) is 0.400. The van der Waals surface area contributed by atoms with Crippen molar-refractivity contribution in [2.75, 3.05) is 0 Å². The van der Waals surface area contributed by atoms with E-state index in [0.29, 0.717) is 18.5 Å². The second-order valence-electron chi connectivity index (χ2n) is 3.64. The van der Waals surface area contributed by atoms with Crippen LogP contribution in [0.5, 0.6) is 0 Å². The molecule has 0 saturated heterocycles. The van der Waals surface area contributed by atoms with E-state index in [1.165, 1.54) is 0 Å². The van der Waals surface area contributed by atoms with Crippen LogP contribution >= 0.6 is 0 Å². The van der Waals surface area contributed by atoms with Crippen LogP contribution in [0, 0.1) is 20.8 Å². The number of carbonyl (C=O) groups is 1. The maximum atomic E-state index is 10.6. The highest BCUT2D eigenvalue weighted by atomic mass is 16.5. The van der Waals surface area contributed by atoms with Gasteiger partial charge in [0.05, 0.1) is 17.9 Å². The molecule has 2 aromatic rings. The molecule has 0 radical (unpaired) electrons. The van der Waals surface area contributed by atoms with Gasteiger partial charge in [-0.15, -0.1) is 5.10 Å². The predicted molar refractivity (Wildman–Crippen MR) is 55.2 cm³/mol. The van der Waals surface area contributed by atoms with Crippen molar-refractivity contribution in [1.82, 2.24) is 20.2 Å². The maximum Gasteiger partial charge on any atom is 0.172 e. The Labute approximate surface area is 92.2 Å². The van der Waals surface area contributed by atoms with E-state index in [9.17, 15) is 4.79 Å². The van der Waals surface area contributed by atoms with E-state index >= 15 is 0 Å². The van der Waals surface area contributed by atoms with E-state index < -0.39 is 0 Å². The quantitative estimate of drug-likeness (QED) is 0.723. The lowest BCUT2D eigenvalue weighted by Gasteiger charge is -2.01. The lowest BCUT2D eigenvalue weighted by molar-refractivity contribution is 0.111. The van der Waals surface area contributed by atoms with Crippen molar-refractivity contribution >= 4 is 6.29 Å². The SMILES string of the molecule is Cc1noc(C)c1Cn1nnc(C=O)c1C. The van der Waals surface area contributed by atoms with Crippen LogP contribution in [0.25, 0.3) is 0 Å². The number of hydrogen-bond donors (Lipinski definition) is 0. The first-order valence-electron chi connectivity index (χ1n) is 4.90. The summed E-state index contributed by atoms with van der Waals surface area (Å²) in [5, 5.41) is 11.5. The van der Waals surface area contributed by atoms with Crippen LogP contribution in [0.4, 0.5) is 0 Å². The summed E-state index contributed by atoms with van der Waals surface area (Å²) in [6.45, 7) is 6.05. The van der Waals surface area contributed by atoms with Gasteiger partial charge in [0.15, 0.2) is 6.29 Å². The van der Waals surface area contributed by atoms with Gasteiger partial charge in [-0.3, -0.25) is 4.79 Å². The minimum absolute atomic E-state index is 0.367. The van der Waals surface area contributed by atoms with Gasteiger partial charge in [0.25, 0.3) is 0 Å². The molecular weight excluding hydrogens is 208 g/mol. The van der Waals surface area contributed by atoms with Crippen molar-refractivity contribution in [1.29, 1.82) is 0 Å². The number of aryl methyl sites for hydroxylation is 2. The number of carbonyl (C=O) groups excluding carboxylic acids is 1. The third kappa shape index (κ3) is 1.62. The van der Waals surface area contributed by atoms with Gasteiger partial charge in [-0.05, 0) is 20.8 Å². The Kier molecular flexibility index (Phi) is 2.55. The van der Waals surface area contributed by atoms with Crippen molar-refractivity contribution in [3.05, 3.63) is 28.4 Å². The fourth-order valence-electron chi connectivity index (χ4n) is 1.51. The number of hydrogen-bond acceptors (Lipinski definition) is 5. The normalized spacial score (nSPS) is 10.7. The first kappa shape index (κ1) is 10.5. The Bertz CT molecular complexity index is 507. The van der Waals surface area contributed by atoms with E-state index in [1.807, 2.05) is 20.8 Å². The molecule has 0 spiro atoms. The molecule has 0 aromatic carbocycles. The van der Waals surface area contributed by atoms with Crippen LogP contribution in [0.1, 0.15) is 33.2 Å². The van der Waals surface area contributed by atoms with Crippen LogP contribution in [0.3, 0.4) is 0 Å². The van der Waals surface area contributed by atoms with Crippen LogP contribution in [-0.2, 0) is 6.54 Å². The van der Waals surface area contributed by atoms with Gasteiger partial charge in [0.2, 0.25) is 0 Å². The molecule has 2 aromatic heterocycles. The van der Waals surface area contributed by atoms with E-state index in [1.54, 1.807) is 4.68 Å². The Morgan fingerprint density at radius 3 is 2.62 bits per heavy atom. The van der Waals surface area contributed by atoms with Crippen molar-refractivity contribution in [2.24, 2.45) is 0 Å². The molecular formula is C10H12N4O2. The average molecular weight is 220 g/mol. The lowest BCUT2D eigenvalue weighted by atomic mass is 10.2. The molecule has 0 N–H and O–H groups in total. The minimum Gasteiger partial charge on any atom is -0.361 e. The third-order valence-electron chi connectivity index (χ3n) is 2.62. The smallest absolute Gasteiger partial charge is 0.172 e. The molecule has 0 unspecified atom stereocenters. The molecule has 6 nitrogen and oxygen atoms in total. The van der Waals surface area contributed by atoms with E-state index in [2.05, 4.69) is 15.5 Å². The van der Waals surface area contributed by atoms with Gasteiger partial charge in [-0.2, -0.15) is 0 Å². The standard InChI is InChI=1S/C10H12N4O2/c1-6-9(8(3)16-12-6)4-14-7(2)10(5-15)11-13-14/h5H,4H2,1-3H3. The van der Waals surface area contributed by atoms with Crippen LogP contribution < -0.4 is 0 Å². The van der Waals surface area contributed by atoms with Crippen molar-refractivity contribution in [3.63, 3.8) is 0 Å². The first-order chi connectivity index (χ1) is 7.63. The Morgan fingerprint density at radius 2 is 2.12 bits per heavy atom.